The van der Waals surface area contributed by atoms with Gasteiger partial charge in [-0.2, -0.15) is 9.97 Å². The molecule has 0 amide bonds. The van der Waals surface area contributed by atoms with Crippen LogP contribution in [0.15, 0.2) is 15.6 Å². The van der Waals surface area contributed by atoms with Gasteiger partial charge in [-0.3, -0.25) is 14.8 Å². The minimum atomic E-state index is 0.128. The summed E-state index contributed by atoms with van der Waals surface area (Å²) >= 11 is 3.86. The number of nitrogens with zero attached hydrogens (tertiary/aromatic N) is 6. The standard InChI is InChI=1S/C33H49BrN6O3/c1-6-22(3)35-30-26(7-2)29-28(16-27(30)34)36-32(42-20-33-12-8-14-39(33)15-9-13-33)37-31(29)38-18-24-10-11-25(19-38)40(24)17-23(4)43-21-41-5/h7,16,22-25H,6,8-15,17-21H2,1-5H3/b26-7-,35-30?. The Kier molecular flexibility index (Phi) is 9.60. The van der Waals surface area contributed by atoms with E-state index in [2.05, 4.69) is 70.5 Å². The van der Waals surface area contributed by atoms with E-state index < -0.39 is 0 Å². The van der Waals surface area contributed by atoms with Gasteiger partial charge < -0.3 is 19.1 Å². The van der Waals surface area contributed by atoms with Crippen LogP contribution < -0.4 is 9.64 Å². The second-order valence-electron chi connectivity index (χ2n) is 13.1. The molecule has 4 aliphatic heterocycles. The molecule has 5 aliphatic rings. The second kappa shape index (κ2) is 13.3. The quantitative estimate of drug-likeness (QED) is 0.288. The first kappa shape index (κ1) is 31.1. The van der Waals surface area contributed by atoms with Crippen molar-refractivity contribution in [3.8, 4) is 6.01 Å². The maximum Gasteiger partial charge on any atom is 0.319 e. The summed E-state index contributed by atoms with van der Waals surface area (Å²) in [4.78, 5) is 23.2. The third kappa shape index (κ3) is 6.19. The van der Waals surface area contributed by atoms with Gasteiger partial charge in [0.25, 0.3) is 0 Å². The summed E-state index contributed by atoms with van der Waals surface area (Å²) in [5, 5.41) is 0. The van der Waals surface area contributed by atoms with Gasteiger partial charge in [-0.1, -0.05) is 13.0 Å². The Morgan fingerprint density at radius 1 is 1.14 bits per heavy atom. The normalized spacial score (nSPS) is 28.3. The minimum Gasteiger partial charge on any atom is -0.461 e. The molecule has 0 radical (unpaired) electrons. The molecule has 0 N–H and O–H groups in total. The Bertz CT molecular complexity index is 1240. The van der Waals surface area contributed by atoms with Crippen molar-refractivity contribution < 1.29 is 14.2 Å². The molecule has 1 aromatic heterocycles. The van der Waals surface area contributed by atoms with Gasteiger partial charge in [0, 0.05) is 54.9 Å². The van der Waals surface area contributed by atoms with Crippen molar-refractivity contribution in [3.63, 3.8) is 0 Å². The first-order valence-corrected chi connectivity index (χ1v) is 17.2. The van der Waals surface area contributed by atoms with Crippen LogP contribution in [0.4, 0.5) is 5.82 Å². The van der Waals surface area contributed by atoms with E-state index in [-0.39, 0.29) is 17.7 Å². The van der Waals surface area contributed by atoms with Crippen LogP contribution in [-0.4, -0.2) is 108 Å². The first-order chi connectivity index (χ1) is 20.9. The molecule has 0 saturated carbocycles. The Balaban J connectivity index is 1.33. The monoisotopic (exact) mass is 656 g/mol. The molecule has 5 heterocycles. The van der Waals surface area contributed by atoms with Gasteiger partial charge in [0.2, 0.25) is 0 Å². The molecule has 236 valence electrons. The molecule has 4 unspecified atom stereocenters. The fourth-order valence-corrected chi connectivity index (χ4v) is 8.45. The number of fused-ring (bicyclic) bond motifs is 4. The maximum atomic E-state index is 6.56. The molecule has 2 bridgehead atoms. The summed E-state index contributed by atoms with van der Waals surface area (Å²) in [5.74, 6) is 0.980. The molecule has 10 heteroatoms. The average molecular weight is 658 g/mol. The molecule has 6 rings (SSSR count). The Labute approximate surface area is 265 Å². The number of anilines is 1. The molecular weight excluding hydrogens is 608 g/mol. The van der Waals surface area contributed by atoms with E-state index in [9.17, 15) is 0 Å². The van der Waals surface area contributed by atoms with E-state index in [1.165, 1.54) is 51.6 Å². The fraction of sp³-hybridized carbons (Fsp3) is 0.727. The zero-order chi connectivity index (χ0) is 30.1. The van der Waals surface area contributed by atoms with Crippen molar-refractivity contribution in [2.45, 2.75) is 102 Å². The lowest BCUT2D eigenvalue weighted by atomic mass is 9.93. The van der Waals surface area contributed by atoms with Crippen LogP contribution in [0.5, 0.6) is 6.01 Å². The Morgan fingerprint density at radius 3 is 2.51 bits per heavy atom. The van der Waals surface area contributed by atoms with Gasteiger partial charge in [-0.25, -0.2) is 0 Å². The summed E-state index contributed by atoms with van der Waals surface area (Å²) in [5.41, 5.74) is 4.21. The van der Waals surface area contributed by atoms with Crippen LogP contribution in [0.25, 0.3) is 11.6 Å². The zero-order valence-electron chi connectivity index (χ0n) is 26.6. The smallest absolute Gasteiger partial charge is 0.319 e. The van der Waals surface area contributed by atoms with Crippen LogP contribution in [0.1, 0.15) is 83.9 Å². The second-order valence-corrected chi connectivity index (χ2v) is 14.0. The highest BCUT2D eigenvalue weighted by atomic mass is 79.9. The van der Waals surface area contributed by atoms with Crippen molar-refractivity contribution in [2.24, 2.45) is 4.99 Å². The summed E-state index contributed by atoms with van der Waals surface area (Å²) in [6, 6.07) is 1.63. The molecule has 1 aliphatic carbocycles. The molecule has 9 nitrogen and oxygen atoms in total. The Morgan fingerprint density at radius 2 is 1.86 bits per heavy atom. The van der Waals surface area contributed by atoms with Crippen LogP contribution in [0.3, 0.4) is 0 Å². The van der Waals surface area contributed by atoms with E-state index in [1.54, 1.807) is 7.11 Å². The lowest BCUT2D eigenvalue weighted by molar-refractivity contribution is -0.0780. The molecule has 1 aromatic rings. The molecule has 0 spiro atoms. The number of allylic oxidation sites excluding steroid dienone is 3. The number of methoxy groups -OCH3 is 1. The Hall–Kier alpha value is -1.85. The highest BCUT2D eigenvalue weighted by molar-refractivity contribution is 9.12. The number of aliphatic imine (C=N–C) groups is 1. The SMILES string of the molecule is C/C=C1\C(=NC(C)CC)C(Br)=Cc2nc(OCC34CCCN3CCC4)nc(N3CC4CCC(C3)N4CC(C)OCOC)c21. The van der Waals surface area contributed by atoms with Crippen molar-refractivity contribution >= 4 is 39.1 Å². The van der Waals surface area contributed by atoms with E-state index in [4.69, 9.17) is 29.2 Å². The zero-order valence-corrected chi connectivity index (χ0v) is 28.2. The molecular formula is C33H49BrN6O3. The minimum absolute atomic E-state index is 0.128. The lowest BCUT2D eigenvalue weighted by Crippen LogP contribution is -2.56. The highest BCUT2D eigenvalue weighted by Crippen LogP contribution is 2.43. The van der Waals surface area contributed by atoms with Crippen LogP contribution in [-0.2, 0) is 9.47 Å². The largest absolute Gasteiger partial charge is 0.461 e. The van der Waals surface area contributed by atoms with Crippen molar-refractivity contribution in [3.05, 3.63) is 21.8 Å². The van der Waals surface area contributed by atoms with Crippen LogP contribution >= 0.6 is 15.9 Å². The third-order valence-corrected chi connectivity index (χ3v) is 10.9. The predicted molar refractivity (Wildman–Crippen MR) is 176 cm³/mol. The van der Waals surface area contributed by atoms with E-state index in [0.717, 1.165) is 58.9 Å². The lowest BCUT2D eigenvalue weighted by Gasteiger charge is -2.43. The summed E-state index contributed by atoms with van der Waals surface area (Å²) in [7, 11) is 1.68. The number of hydrogen-bond donors (Lipinski definition) is 0. The van der Waals surface area contributed by atoms with Crippen LogP contribution in [0.2, 0.25) is 0 Å². The number of rotatable bonds is 11. The van der Waals surface area contributed by atoms with Gasteiger partial charge in [0.1, 0.15) is 19.2 Å². The topological polar surface area (TPSA) is 75.6 Å². The summed E-state index contributed by atoms with van der Waals surface area (Å²) in [6.07, 6.45) is 12.7. The molecule has 0 aromatic carbocycles. The predicted octanol–water partition coefficient (Wildman–Crippen LogP) is 5.54. The van der Waals surface area contributed by atoms with Gasteiger partial charge in [0.05, 0.1) is 28.6 Å². The number of hydrogen-bond acceptors (Lipinski definition) is 9. The summed E-state index contributed by atoms with van der Waals surface area (Å²) in [6.45, 7) is 14.7. The van der Waals surface area contributed by atoms with Crippen LogP contribution in [0, 0.1) is 0 Å². The fourth-order valence-electron chi connectivity index (χ4n) is 7.92. The first-order valence-electron chi connectivity index (χ1n) is 16.4. The van der Waals surface area contributed by atoms with Gasteiger partial charge in [-0.15, -0.1) is 0 Å². The van der Waals surface area contributed by atoms with Gasteiger partial charge in [-0.05, 0) is 101 Å². The molecule has 4 saturated heterocycles. The highest BCUT2D eigenvalue weighted by Gasteiger charge is 2.46. The van der Waals surface area contributed by atoms with Gasteiger partial charge >= 0.3 is 6.01 Å². The summed E-state index contributed by atoms with van der Waals surface area (Å²) < 4.78 is 18.5. The van der Waals surface area contributed by atoms with E-state index in [0.29, 0.717) is 31.5 Å². The maximum absolute atomic E-state index is 6.56. The third-order valence-electron chi connectivity index (χ3n) is 10.3. The number of halogens is 1. The van der Waals surface area contributed by atoms with Gasteiger partial charge in [0.15, 0.2) is 0 Å². The molecule has 43 heavy (non-hydrogen) atoms. The molecule has 4 fully saturated rings. The molecule has 4 atom stereocenters. The van der Waals surface area contributed by atoms with Crippen molar-refractivity contribution in [2.75, 3.05) is 58.1 Å². The van der Waals surface area contributed by atoms with E-state index >= 15 is 0 Å². The van der Waals surface area contributed by atoms with Crippen molar-refractivity contribution in [1.29, 1.82) is 0 Å². The number of piperazine rings is 1. The van der Waals surface area contributed by atoms with E-state index in [1.807, 2.05) is 0 Å². The average Bonchev–Trinajstić information content (AvgIpc) is 3.64. The van der Waals surface area contributed by atoms with Crippen molar-refractivity contribution in [1.82, 2.24) is 19.8 Å². The number of aromatic nitrogens is 2. The number of ether oxygens (including phenoxy) is 3.